The molecule has 1 saturated carbocycles. The molecule has 1 aliphatic rings. The summed E-state index contributed by atoms with van der Waals surface area (Å²) < 4.78 is 0. The van der Waals surface area contributed by atoms with Crippen LogP contribution in [0, 0.1) is 0 Å². The average Bonchev–Trinajstić information content (AvgIpc) is 2.16. The third-order valence-electron chi connectivity index (χ3n) is 1.28. The molecule has 4 heteroatoms. The van der Waals surface area contributed by atoms with E-state index < -0.39 is 5.66 Å². The highest BCUT2D eigenvalue weighted by atomic mass is 16.1. The summed E-state index contributed by atoms with van der Waals surface area (Å²) in [6.45, 7) is 0. The summed E-state index contributed by atoms with van der Waals surface area (Å²) in [6, 6.07) is -0.135. The zero-order valence-electron chi connectivity index (χ0n) is 4.29. The number of rotatable bonds is 1. The second-order valence-corrected chi connectivity index (χ2v) is 2.00. The zero-order chi connectivity index (χ0) is 6.20. The third-order valence-corrected chi connectivity index (χ3v) is 1.28. The standard InChI is InChI=1S/C4H7N3O/c5-3-1-4(3,6)7-2-8/h3H,1,5-6H2. The van der Waals surface area contributed by atoms with Crippen LogP contribution in [0.25, 0.3) is 0 Å². The molecule has 0 bridgehead atoms. The molecule has 1 rings (SSSR count). The molecular formula is C4H7N3O. The molecule has 0 saturated heterocycles. The molecule has 0 heterocycles. The van der Waals surface area contributed by atoms with Crippen molar-refractivity contribution in [3.05, 3.63) is 0 Å². The van der Waals surface area contributed by atoms with Crippen LogP contribution >= 0.6 is 0 Å². The smallest absolute Gasteiger partial charge is 0.236 e. The van der Waals surface area contributed by atoms with Gasteiger partial charge in [0.1, 0.15) is 5.66 Å². The number of isocyanates is 1. The quantitative estimate of drug-likeness (QED) is 0.328. The van der Waals surface area contributed by atoms with Crippen molar-refractivity contribution in [3.8, 4) is 0 Å². The fourth-order valence-corrected chi connectivity index (χ4v) is 0.507. The van der Waals surface area contributed by atoms with Crippen molar-refractivity contribution >= 4 is 6.08 Å². The second-order valence-electron chi connectivity index (χ2n) is 2.00. The molecule has 0 aromatic rings. The molecule has 4 nitrogen and oxygen atoms in total. The Morgan fingerprint density at radius 1 is 1.88 bits per heavy atom. The number of hydrogen-bond donors (Lipinski definition) is 2. The van der Waals surface area contributed by atoms with Crippen molar-refractivity contribution in [1.29, 1.82) is 0 Å². The van der Waals surface area contributed by atoms with Gasteiger partial charge in [0.05, 0.1) is 0 Å². The van der Waals surface area contributed by atoms with Crippen molar-refractivity contribution in [2.75, 3.05) is 0 Å². The summed E-state index contributed by atoms with van der Waals surface area (Å²) in [7, 11) is 0. The summed E-state index contributed by atoms with van der Waals surface area (Å²) in [5, 5.41) is 0. The predicted molar refractivity (Wildman–Crippen MR) is 27.6 cm³/mol. The van der Waals surface area contributed by atoms with Gasteiger partial charge in [-0.1, -0.05) is 0 Å². The minimum Gasteiger partial charge on any atom is -0.324 e. The Labute approximate surface area is 46.6 Å². The van der Waals surface area contributed by atoms with Crippen LogP contribution in [0.5, 0.6) is 0 Å². The van der Waals surface area contributed by atoms with Gasteiger partial charge in [0.15, 0.2) is 0 Å². The number of nitrogens with two attached hydrogens (primary N) is 2. The molecule has 4 N–H and O–H groups in total. The Kier molecular flexibility index (Phi) is 0.942. The first kappa shape index (κ1) is 5.44. The number of aliphatic imine (C=N–C) groups is 1. The van der Waals surface area contributed by atoms with Crippen LogP contribution < -0.4 is 11.5 Å². The van der Waals surface area contributed by atoms with Gasteiger partial charge in [-0.05, 0) is 0 Å². The van der Waals surface area contributed by atoms with E-state index in [0.717, 1.165) is 0 Å². The summed E-state index contributed by atoms with van der Waals surface area (Å²) in [4.78, 5) is 12.9. The first-order valence-electron chi connectivity index (χ1n) is 2.32. The van der Waals surface area contributed by atoms with E-state index >= 15 is 0 Å². The van der Waals surface area contributed by atoms with Crippen LogP contribution in [0.15, 0.2) is 4.99 Å². The number of carbonyl (C=O) groups excluding carboxylic acids is 1. The van der Waals surface area contributed by atoms with Gasteiger partial charge in [-0.2, -0.15) is 4.99 Å². The van der Waals surface area contributed by atoms with E-state index in [1.165, 1.54) is 6.08 Å². The fourth-order valence-electron chi connectivity index (χ4n) is 0.507. The maximum Gasteiger partial charge on any atom is 0.236 e. The van der Waals surface area contributed by atoms with E-state index in [9.17, 15) is 4.79 Å². The van der Waals surface area contributed by atoms with Gasteiger partial charge in [0.25, 0.3) is 0 Å². The number of nitrogens with zero attached hydrogens (tertiary/aromatic N) is 1. The minimum absolute atomic E-state index is 0.135. The highest BCUT2D eigenvalue weighted by Crippen LogP contribution is 2.31. The van der Waals surface area contributed by atoms with Crippen molar-refractivity contribution in [2.45, 2.75) is 18.1 Å². The molecule has 0 radical (unpaired) electrons. The van der Waals surface area contributed by atoms with Crippen LogP contribution in [0.4, 0.5) is 0 Å². The van der Waals surface area contributed by atoms with Gasteiger partial charge in [0, 0.05) is 12.5 Å². The lowest BCUT2D eigenvalue weighted by Crippen LogP contribution is -2.27. The van der Waals surface area contributed by atoms with Gasteiger partial charge < -0.3 is 11.5 Å². The molecule has 0 spiro atoms. The van der Waals surface area contributed by atoms with Crippen LogP contribution in [0.2, 0.25) is 0 Å². The molecule has 0 aromatic heterocycles. The van der Waals surface area contributed by atoms with Gasteiger partial charge in [0.2, 0.25) is 6.08 Å². The van der Waals surface area contributed by atoms with Crippen LogP contribution in [0.1, 0.15) is 6.42 Å². The first-order valence-corrected chi connectivity index (χ1v) is 2.32. The normalized spacial score (nSPS) is 43.0. The van der Waals surface area contributed by atoms with E-state index in [-0.39, 0.29) is 6.04 Å². The maximum absolute atomic E-state index is 9.58. The summed E-state index contributed by atoms with van der Waals surface area (Å²) in [5.41, 5.74) is 9.87. The largest absolute Gasteiger partial charge is 0.324 e. The molecule has 2 unspecified atom stereocenters. The molecule has 1 aliphatic carbocycles. The molecule has 1 fully saturated rings. The van der Waals surface area contributed by atoms with E-state index in [2.05, 4.69) is 4.99 Å². The molecular weight excluding hydrogens is 106 g/mol. The van der Waals surface area contributed by atoms with Crippen molar-refractivity contribution in [3.63, 3.8) is 0 Å². The molecule has 8 heavy (non-hydrogen) atoms. The lowest BCUT2D eigenvalue weighted by molar-refractivity contribution is 0.554. The van der Waals surface area contributed by atoms with Gasteiger partial charge >= 0.3 is 0 Å². The maximum atomic E-state index is 9.58. The highest BCUT2D eigenvalue weighted by molar-refractivity contribution is 5.37. The summed E-state index contributed by atoms with van der Waals surface area (Å²) >= 11 is 0. The average molecular weight is 113 g/mol. The van der Waals surface area contributed by atoms with Crippen LogP contribution in [-0.4, -0.2) is 17.8 Å². The molecule has 2 atom stereocenters. The Bertz CT molecular complexity index is 151. The Balaban J connectivity index is 2.59. The van der Waals surface area contributed by atoms with Crippen molar-refractivity contribution < 1.29 is 4.79 Å². The third kappa shape index (κ3) is 0.648. The van der Waals surface area contributed by atoms with Crippen molar-refractivity contribution in [1.82, 2.24) is 0 Å². The highest BCUT2D eigenvalue weighted by Gasteiger charge is 2.49. The summed E-state index contributed by atoms with van der Waals surface area (Å²) in [6.07, 6.45) is 1.97. The Hall–Kier alpha value is -0.700. The molecule has 0 amide bonds. The lowest BCUT2D eigenvalue weighted by Gasteiger charge is -1.94. The van der Waals surface area contributed by atoms with E-state index in [1.807, 2.05) is 0 Å². The minimum atomic E-state index is -0.762. The van der Waals surface area contributed by atoms with E-state index in [1.54, 1.807) is 0 Å². The van der Waals surface area contributed by atoms with Gasteiger partial charge in [-0.15, -0.1) is 0 Å². The molecule has 44 valence electrons. The summed E-state index contributed by atoms with van der Waals surface area (Å²) in [5.74, 6) is 0. The van der Waals surface area contributed by atoms with Gasteiger partial charge in [-0.3, -0.25) is 0 Å². The topological polar surface area (TPSA) is 81.5 Å². The fraction of sp³-hybridized carbons (Fsp3) is 0.750. The van der Waals surface area contributed by atoms with Crippen LogP contribution in [0.3, 0.4) is 0 Å². The Morgan fingerprint density at radius 3 is 2.50 bits per heavy atom. The molecule has 0 aliphatic heterocycles. The monoisotopic (exact) mass is 113 g/mol. The van der Waals surface area contributed by atoms with Crippen LogP contribution in [-0.2, 0) is 4.79 Å². The number of hydrogen-bond acceptors (Lipinski definition) is 4. The van der Waals surface area contributed by atoms with E-state index in [0.29, 0.717) is 6.42 Å². The zero-order valence-corrected chi connectivity index (χ0v) is 4.29. The SMILES string of the molecule is NC1CC1(N)N=C=O. The van der Waals surface area contributed by atoms with E-state index in [4.69, 9.17) is 11.5 Å². The van der Waals surface area contributed by atoms with Gasteiger partial charge in [-0.25, -0.2) is 4.79 Å². The molecule has 0 aromatic carbocycles. The lowest BCUT2D eigenvalue weighted by atomic mass is 10.5. The predicted octanol–water partition coefficient (Wildman–Crippen LogP) is -1.29. The van der Waals surface area contributed by atoms with Crippen molar-refractivity contribution in [2.24, 2.45) is 16.5 Å². The second kappa shape index (κ2) is 1.39. The Morgan fingerprint density at radius 2 is 2.38 bits per heavy atom. The first-order chi connectivity index (χ1) is 3.69.